The summed E-state index contributed by atoms with van der Waals surface area (Å²) in [5.41, 5.74) is 0. The Bertz CT molecular complexity index is 265. The van der Waals surface area contributed by atoms with Gasteiger partial charge >= 0.3 is 133 Å². The minimum atomic E-state index is 0.780. The zero-order valence-corrected chi connectivity index (χ0v) is 15.2. The molecule has 0 bridgehead atoms. The molecule has 0 aromatic heterocycles. The third kappa shape index (κ3) is 4.01. The molecule has 0 aromatic rings. The van der Waals surface area contributed by atoms with Crippen molar-refractivity contribution in [2.24, 2.45) is 0 Å². The summed E-state index contributed by atoms with van der Waals surface area (Å²) in [7, 11) is 0. The van der Waals surface area contributed by atoms with Crippen LogP contribution in [0.15, 0.2) is 0 Å². The Morgan fingerprint density at radius 3 is 1.40 bits per heavy atom. The second kappa shape index (κ2) is 8.44. The van der Waals surface area contributed by atoms with Crippen LogP contribution in [0.1, 0.15) is 78.1 Å². The van der Waals surface area contributed by atoms with Crippen molar-refractivity contribution in [2.45, 2.75) is 90.1 Å². The molecule has 0 aromatic carbocycles. The van der Waals surface area contributed by atoms with Crippen LogP contribution in [0, 0.1) is 0 Å². The second-order valence-electron chi connectivity index (χ2n) is 6.44. The first kappa shape index (κ1) is 16.4. The van der Waals surface area contributed by atoms with E-state index in [1.807, 2.05) is 0 Å². The van der Waals surface area contributed by atoms with Crippen LogP contribution >= 0.6 is 0 Å². The Balaban J connectivity index is 2.00. The summed E-state index contributed by atoms with van der Waals surface area (Å²) in [6, 6.07) is 1.56. The SMILES string of the molecule is CCN(C(=[Se])N(CC)C1CCCCC1)C1CCCCC1. The van der Waals surface area contributed by atoms with Crippen LogP contribution in [0.4, 0.5) is 0 Å². The van der Waals surface area contributed by atoms with Crippen LogP contribution in [-0.4, -0.2) is 55.2 Å². The Labute approximate surface area is 133 Å². The molecule has 0 amide bonds. The van der Waals surface area contributed by atoms with Crippen molar-refractivity contribution in [3.05, 3.63) is 0 Å². The number of nitrogens with zero attached hydrogens (tertiary/aromatic N) is 2. The molecule has 0 heterocycles. The monoisotopic (exact) mass is 344 g/mol. The standard InChI is InChI=1S/C17H32N2Se/c1-3-18(15-11-7-5-8-12-15)17(20)19(4-2)16-13-9-6-10-14-16/h15-16H,3-14H2,1-2H3. The number of hydrogen-bond acceptors (Lipinski definition) is 2. The average Bonchev–Trinajstić information content (AvgIpc) is 2.51. The first-order chi connectivity index (χ1) is 9.77. The molecule has 3 heteroatoms. The van der Waals surface area contributed by atoms with E-state index in [0.29, 0.717) is 0 Å². The molecule has 0 N–H and O–H groups in total. The van der Waals surface area contributed by atoms with Gasteiger partial charge in [0.2, 0.25) is 0 Å². The van der Waals surface area contributed by atoms with Crippen molar-refractivity contribution in [1.82, 2.24) is 9.80 Å². The van der Waals surface area contributed by atoms with E-state index >= 15 is 0 Å². The topological polar surface area (TPSA) is 6.48 Å². The number of hydrogen-bond donors (Lipinski definition) is 0. The van der Waals surface area contributed by atoms with Crippen molar-refractivity contribution in [1.29, 1.82) is 0 Å². The predicted octanol–water partition coefficient (Wildman–Crippen LogP) is 3.55. The molecule has 2 aliphatic carbocycles. The van der Waals surface area contributed by atoms with E-state index in [-0.39, 0.29) is 0 Å². The molecule has 0 atom stereocenters. The second-order valence-corrected chi connectivity index (χ2v) is 7.20. The molecule has 0 saturated heterocycles. The van der Waals surface area contributed by atoms with Crippen molar-refractivity contribution in [3.8, 4) is 0 Å². The molecule has 0 spiro atoms. The molecular weight excluding hydrogens is 311 g/mol. The van der Waals surface area contributed by atoms with Gasteiger partial charge < -0.3 is 0 Å². The molecule has 0 aliphatic heterocycles. The Morgan fingerprint density at radius 2 is 1.10 bits per heavy atom. The summed E-state index contributed by atoms with van der Waals surface area (Å²) in [5.74, 6) is 0. The summed E-state index contributed by atoms with van der Waals surface area (Å²) in [5, 5.41) is 0. The molecule has 0 unspecified atom stereocenters. The number of rotatable bonds is 6. The zero-order chi connectivity index (χ0) is 14.4. The summed E-state index contributed by atoms with van der Waals surface area (Å²) >= 11 is 3.44. The molecule has 20 heavy (non-hydrogen) atoms. The zero-order valence-electron chi connectivity index (χ0n) is 13.4. The van der Waals surface area contributed by atoms with Crippen molar-refractivity contribution in [3.63, 3.8) is 0 Å². The van der Waals surface area contributed by atoms with Gasteiger partial charge in [0.05, 0.1) is 0 Å². The molecule has 2 saturated carbocycles. The van der Waals surface area contributed by atoms with Gasteiger partial charge in [-0.15, -0.1) is 0 Å². The van der Waals surface area contributed by atoms with E-state index in [9.17, 15) is 0 Å². The van der Waals surface area contributed by atoms with Gasteiger partial charge in [-0.3, -0.25) is 0 Å². The molecule has 0 radical (unpaired) electrons. The summed E-state index contributed by atoms with van der Waals surface area (Å²) in [6.45, 7) is 6.94. The van der Waals surface area contributed by atoms with Crippen molar-refractivity contribution in [2.75, 3.05) is 13.1 Å². The predicted molar refractivity (Wildman–Crippen MR) is 89.3 cm³/mol. The first-order valence-electron chi connectivity index (χ1n) is 8.85. The van der Waals surface area contributed by atoms with Gasteiger partial charge in [-0.05, 0) is 0 Å². The fourth-order valence-corrected chi connectivity index (χ4v) is 5.22. The Kier molecular flexibility index (Phi) is 6.90. The molecular formula is C17H32N2Se. The van der Waals surface area contributed by atoms with Crippen LogP contribution in [0.5, 0.6) is 0 Å². The van der Waals surface area contributed by atoms with E-state index in [1.54, 1.807) is 0 Å². The maximum absolute atomic E-state index is 3.44. The fraction of sp³-hybridized carbons (Fsp3) is 0.941. The normalized spacial score (nSPS) is 21.7. The first-order valence-corrected chi connectivity index (χ1v) is 9.70. The van der Waals surface area contributed by atoms with E-state index < -0.39 is 0 Å². The van der Waals surface area contributed by atoms with Gasteiger partial charge in [-0.25, -0.2) is 0 Å². The van der Waals surface area contributed by atoms with E-state index in [4.69, 9.17) is 0 Å². The van der Waals surface area contributed by atoms with Crippen LogP contribution in [0.3, 0.4) is 0 Å². The Morgan fingerprint density at radius 1 is 0.750 bits per heavy atom. The van der Waals surface area contributed by atoms with Crippen LogP contribution in [0.25, 0.3) is 0 Å². The van der Waals surface area contributed by atoms with Gasteiger partial charge in [0.25, 0.3) is 0 Å². The van der Waals surface area contributed by atoms with Crippen LogP contribution < -0.4 is 0 Å². The van der Waals surface area contributed by atoms with Crippen LogP contribution in [-0.2, 0) is 0 Å². The maximum atomic E-state index is 3.44. The van der Waals surface area contributed by atoms with E-state index in [1.165, 1.54) is 68.9 Å². The third-order valence-electron chi connectivity index (χ3n) is 5.20. The minimum absolute atomic E-state index is 0.780. The average molecular weight is 343 g/mol. The van der Waals surface area contributed by atoms with Gasteiger partial charge in [-0.2, -0.15) is 0 Å². The molecule has 2 aliphatic rings. The third-order valence-corrected chi connectivity index (χ3v) is 6.19. The van der Waals surface area contributed by atoms with E-state index in [0.717, 1.165) is 25.2 Å². The van der Waals surface area contributed by atoms with Gasteiger partial charge in [0.15, 0.2) is 0 Å². The molecule has 116 valence electrons. The van der Waals surface area contributed by atoms with Crippen molar-refractivity contribution >= 4 is 20.2 Å². The van der Waals surface area contributed by atoms with Gasteiger partial charge in [0, 0.05) is 0 Å². The van der Waals surface area contributed by atoms with Crippen LogP contribution in [0.2, 0.25) is 0 Å². The van der Waals surface area contributed by atoms with Crippen molar-refractivity contribution < 1.29 is 0 Å². The van der Waals surface area contributed by atoms with Gasteiger partial charge in [0.1, 0.15) is 0 Å². The summed E-state index contributed by atoms with van der Waals surface area (Å²) in [4.78, 5) is 5.33. The molecule has 2 nitrogen and oxygen atoms in total. The summed E-state index contributed by atoms with van der Waals surface area (Å²) < 4.78 is 1.44. The molecule has 2 rings (SSSR count). The Hall–Kier alpha value is -0.0105. The summed E-state index contributed by atoms with van der Waals surface area (Å²) in [6.07, 6.45) is 14.1. The van der Waals surface area contributed by atoms with E-state index in [2.05, 4.69) is 39.2 Å². The van der Waals surface area contributed by atoms with Gasteiger partial charge in [-0.1, -0.05) is 0 Å². The fourth-order valence-electron chi connectivity index (χ4n) is 4.05. The quantitative estimate of drug-likeness (QED) is 0.681. The molecule has 2 fully saturated rings.